The Balaban J connectivity index is 1.20. The smallest absolute Gasteiger partial charge is 0.160 e. The van der Waals surface area contributed by atoms with E-state index >= 15 is 0 Å². The van der Waals surface area contributed by atoms with Gasteiger partial charge in [-0.3, -0.25) is 0 Å². The molecule has 0 fully saturated rings. The van der Waals surface area contributed by atoms with Gasteiger partial charge in [0.2, 0.25) is 0 Å². The number of aromatic nitrogens is 2. The Morgan fingerprint density at radius 1 is 0.440 bits per heavy atom. The Morgan fingerprint density at radius 3 is 1.72 bits per heavy atom. The lowest BCUT2D eigenvalue weighted by Crippen LogP contribution is -2.20. The first kappa shape index (κ1) is 29.8. The summed E-state index contributed by atoms with van der Waals surface area (Å²) < 4.78 is 0. The van der Waals surface area contributed by atoms with E-state index in [2.05, 4.69) is 170 Å². The maximum atomic E-state index is 5.14. The van der Waals surface area contributed by atoms with E-state index < -0.39 is 0 Å². The molecule has 0 radical (unpaired) electrons. The molecule has 1 aliphatic carbocycles. The van der Waals surface area contributed by atoms with Gasteiger partial charge in [0.05, 0.1) is 16.9 Å². The van der Waals surface area contributed by atoms with Gasteiger partial charge in [0.1, 0.15) is 0 Å². The maximum absolute atomic E-state index is 5.14. The third-order valence-electron chi connectivity index (χ3n) is 10.1. The van der Waals surface area contributed by atoms with Crippen LogP contribution in [0.4, 0.5) is 17.1 Å². The van der Waals surface area contributed by atoms with Crippen LogP contribution in [-0.2, 0) is 5.41 Å². The highest BCUT2D eigenvalue weighted by Crippen LogP contribution is 2.54. The number of nitrogens with zero attached hydrogens (tertiary/aromatic N) is 3. The topological polar surface area (TPSA) is 29.0 Å². The second kappa shape index (κ2) is 12.0. The molecule has 0 spiro atoms. The number of fused-ring (bicyclic) bond motifs is 4. The molecule has 0 amide bonds. The summed E-state index contributed by atoms with van der Waals surface area (Å²) in [5.41, 5.74) is 14.8. The molecular weight excluding hydrogens is 607 g/mol. The average molecular weight is 642 g/mol. The van der Waals surface area contributed by atoms with Gasteiger partial charge in [0.15, 0.2) is 5.82 Å². The summed E-state index contributed by atoms with van der Waals surface area (Å²) in [5, 5.41) is 1.04. The molecule has 7 aromatic carbocycles. The second-order valence-electron chi connectivity index (χ2n) is 13.4. The van der Waals surface area contributed by atoms with E-state index in [1.165, 1.54) is 39.1 Å². The number of para-hydroxylation sites is 1. The molecule has 3 nitrogen and oxygen atoms in total. The van der Waals surface area contributed by atoms with Crippen molar-refractivity contribution in [3.63, 3.8) is 0 Å². The number of anilines is 3. The lowest BCUT2D eigenvalue weighted by molar-refractivity contribution is 0.661. The number of hydrogen-bond donors (Lipinski definition) is 0. The Bertz CT molecular complexity index is 2480. The molecule has 0 unspecified atom stereocenters. The van der Waals surface area contributed by atoms with E-state index in [9.17, 15) is 0 Å². The predicted molar refractivity (Wildman–Crippen MR) is 208 cm³/mol. The minimum absolute atomic E-state index is 0.168. The minimum atomic E-state index is -0.168. The second-order valence-corrected chi connectivity index (χ2v) is 13.4. The fourth-order valence-electron chi connectivity index (χ4n) is 7.65. The van der Waals surface area contributed by atoms with Crippen molar-refractivity contribution in [2.24, 2.45) is 0 Å². The summed E-state index contributed by atoms with van der Waals surface area (Å²) in [4.78, 5) is 12.5. The van der Waals surface area contributed by atoms with Crippen molar-refractivity contribution in [3.8, 4) is 44.9 Å². The summed E-state index contributed by atoms with van der Waals surface area (Å²) in [5.74, 6) is 0.727. The van der Waals surface area contributed by atoms with Gasteiger partial charge in [-0.2, -0.15) is 0 Å². The normalized spacial score (nSPS) is 12.8. The highest BCUT2D eigenvalue weighted by molar-refractivity contribution is 5.95. The van der Waals surface area contributed by atoms with Crippen LogP contribution >= 0.6 is 0 Å². The van der Waals surface area contributed by atoms with Crippen LogP contribution in [0.5, 0.6) is 0 Å². The average Bonchev–Trinajstić information content (AvgIpc) is 3.42. The Labute approximate surface area is 293 Å². The van der Waals surface area contributed by atoms with Crippen molar-refractivity contribution in [2.75, 3.05) is 4.90 Å². The molecule has 0 aliphatic heterocycles. The molecule has 0 bridgehead atoms. The highest BCUT2D eigenvalue weighted by atomic mass is 15.1. The van der Waals surface area contributed by atoms with Crippen LogP contribution in [0.1, 0.15) is 25.0 Å². The van der Waals surface area contributed by atoms with Crippen molar-refractivity contribution in [1.29, 1.82) is 0 Å². The zero-order chi connectivity index (χ0) is 33.7. The molecule has 9 rings (SSSR count). The van der Waals surface area contributed by atoms with Crippen LogP contribution in [0.25, 0.3) is 55.8 Å². The van der Waals surface area contributed by atoms with Crippen LogP contribution in [0.2, 0.25) is 0 Å². The molecule has 1 aromatic heterocycles. The molecule has 1 aliphatic rings. The van der Waals surface area contributed by atoms with Crippen LogP contribution in [0, 0.1) is 0 Å². The van der Waals surface area contributed by atoms with E-state index in [-0.39, 0.29) is 5.41 Å². The van der Waals surface area contributed by atoms with Crippen LogP contribution in [0.15, 0.2) is 176 Å². The summed E-state index contributed by atoms with van der Waals surface area (Å²) in [6.45, 7) is 4.71. The molecule has 0 saturated carbocycles. The first-order valence-corrected chi connectivity index (χ1v) is 17.2. The van der Waals surface area contributed by atoms with E-state index in [0.717, 1.165) is 44.9 Å². The molecular formula is C47H35N3. The molecule has 3 heteroatoms. The number of hydrogen-bond acceptors (Lipinski definition) is 3. The molecule has 0 atom stereocenters. The van der Waals surface area contributed by atoms with E-state index in [0.29, 0.717) is 0 Å². The molecule has 238 valence electrons. The van der Waals surface area contributed by atoms with Crippen LogP contribution in [-0.4, -0.2) is 9.97 Å². The Morgan fingerprint density at radius 2 is 1.00 bits per heavy atom. The Hall–Kier alpha value is -6.32. The van der Waals surface area contributed by atoms with Gasteiger partial charge in [-0.15, -0.1) is 0 Å². The van der Waals surface area contributed by atoms with Gasteiger partial charge in [0.25, 0.3) is 0 Å². The monoisotopic (exact) mass is 641 g/mol. The highest BCUT2D eigenvalue weighted by Gasteiger charge is 2.38. The predicted octanol–water partition coefficient (Wildman–Crippen LogP) is 12.4. The SMILES string of the molecule is CC1(C)c2ccccc2-c2cccc(N(c3ccc(-c4ccccc4)cc3)c3ccc(-c4nc(-c5ccccc5)nc5ccccc45)cc3)c21. The van der Waals surface area contributed by atoms with Crippen molar-refractivity contribution in [3.05, 3.63) is 187 Å². The van der Waals surface area contributed by atoms with Crippen molar-refractivity contribution in [2.45, 2.75) is 19.3 Å². The van der Waals surface area contributed by atoms with Crippen molar-refractivity contribution >= 4 is 28.0 Å². The van der Waals surface area contributed by atoms with Gasteiger partial charge in [-0.25, -0.2) is 9.97 Å². The first-order valence-electron chi connectivity index (χ1n) is 17.2. The van der Waals surface area contributed by atoms with Gasteiger partial charge in [-0.05, 0) is 69.8 Å². The van der Waals surface area contributed by atoms with Crippen LogP contribution in [0.3, 0.4) is 0 Å². The van der Waals surface area contributed by atoms with E-state index in [1.54, 1.807) is 0 Å². The van der Waals surface area contributed by atoms with Gasteiger partial charge in [0, 0.05) is 33.3 Å². The summed E-state index contributed by atoms with van der Waals surface area (Å²) in [6, 6.07) is 62.5. The quantitative estimate of drug-likeness (QED) is 0.181. The largest absolute Gasteiger partial charge is 0.310 e. The van der Waals surface area contributed by atoms with E-state index in [1.807, 2.05) is 24.3 Å². The molecule has 50 heavy (non-hydrogen) atoms. The molecule has 0 N–H and O–H groups in total. The lowest BCUT2D eigenvalue weighted by atomic mass is 9.81. The lowest BCUT2D eigenvalue weighted by Gasteiger charge is -2.32. The molecule has 8 aromatic rings. The maximum Gasteiger partial charge on any atom is 0.160 e. The fourth-order valence-corrected chi connectivity index (χ4v) is 7.65. The first-order chi connectivity index (χ1) is 24.6. The third-order valence-corrected chi connectivity index (χ3v) is 10.1. The van der Waals surface area contributed by atoms with Gasteiger partial charge >= 0.3 is 0 Å². The van der Waals surface area contributed by atoms with Crippen molar-refractivity contribution in [1.82, 2.24) is 9.97 Å². The Kier molecular flexibility index (Phi) is 7.14. The minimum Gasteiger partial charge on any atom is -0.310 e. The summed E-state index contributed by atoms with van der Waals surface area (Å²) >= 11 is 0. The summed E-state index contributed by atoms with van der Waals surface area (Å²) in [7, 11) is 0. The molecule has 1 heterocycles. The number of benzene rings is 7. The van der Waals surface area contributed by atoms with Crippen LogP contribution < -0.4 is 4.90 Å². The van der Waals surface area contributed by atoms with E-state index in [4.69, 9.17) is 9.97 Å². The standard InChI is InChI=1S/C47H35N3/c1-47(2)41-21-11-9-18-38(41)39-20-13-23-43(44(39)47)50(36-28-24-33(25-29-36)32-14-5-3-6-15-32)37-30-26-34(27-31-37)45-40-19-10-12-22-42(40)48-46(49-45)35-16-7-4-8-17-35/h3-31H,1-2H3. The van der Waals surface area contributed by atoms with Gasteiger partial charge < -0.3 is 4.90 Å². The molecule has 0 saturated heterocycles. The van der Waals surface area contributed by atoms with Gasteiger partial charge in [-0.1, -0.05) is 153 Å². The van der Waals surface area contributed by atoms with Crippen molar-refractivity contribution < 1.29 is 0 Å². The third kappa shape index (κ3) is 4.98. The zero-order valence-electron chi connectivity index (χ0n) is 28.1. The summed E-state index contributed by atoms with van der Waals surface area (Å²) in [6.07, 6.45) is 0. The number of rotatable bonds is 6. The fraction of sp³-hybridized carbons (Fsp3) is 0.0638. The zero-order valence-corrected chi connectivity index (χ0v) is 28.1.